The predicted molar refractivity (Wildman–Crippen MR) is 76.0 cm³/mol. The van der Waals surface area contributed by atoms with Crippen molar-refractivity contribution in [1.82, 2.24) is 5.32 Å². The van der Waals surface area contributed by atoms with Gasteiger partial charge in [-0.3, -0.25) is 4.79 Å². The van der Waals surface area contributed by atoms with Gasteiger partial charge in [-0.05, 0) is 17.7 Å². The van der Waals surface area contributed by atoms with E-state index in [-0.39, 0.29) is 6.42 Å². The third-order valence-corrected chi connectivity index (χ3v) is 3.26. The summed E-state index contributed by atoms with van der Waals surface area (Å²) in [4.78, 5) is 22.2. The van der Waals surface area contributed by atoms with Gasteiger partial charge in [0.15, 0.2) is 11.5 Å². The highest BCUT2D eigenvalue weighted by molar-refractivity contribution is 6.32. The molecule has 0 aliphatic carbocycles. The number of halogens is 1. The quantitative estimate of drug-likeness (QED) is 0.882. The number of amides is 1. The van der Waals surface area contributed by atoms with E-state index in [4.69, 9.17) is 26.2 Å². The van der Waals surface area contributed by atoms with Crippen LogP contribution in [-0.2, 0) is 16.0 Å². The first-order valence-corrected chi connectivity index (χ1v) is 6.93. The number of nitrogens with one attached hydrogen (secondary N) is 1. The van der Waals surface area contributed by atoms with Crippen LogP contribution in [-0.4, -0.2) is 36.2 Å². The second-order valence-electron chi connectivity index (χ2n) is 4.75. The molecule has 1 aliphatic rings. The molecule has 7 heteroatoms. The van der Waals surface area contributed by atoms with Gasteiger partial charge in [-0.25, -0.2) is 4.79 Å². The van der Waals surface area contributed by atoms with Crippen LogP contribution in [0.2, 0.25) is 5.02 Å². The summed E-state index contributed by atoms with van der Waals surface area (Å²) >= 11 is 6.15. The van der Waals surface area contributed by atoms with Crippen LogP contribution in [0, 0.1) is 0 Å². The van der Waals surface area contributed by atoms with E-state index in [1.165, 1.54) is 6.92 Å². The van der Waals surface area contributed by atoms with E-state index in [2.05, 4.69) is 5.32 Å². The summed E-state index contributed by atoms with van der Waals surface area (Å²) in [5.74, 6) is -0.525. The highest BCUT2D eigenvalue weighted by atomic mass is 35.5. The van der Waals surface area contributed by atoms with Crippen molar-refractivity contribution in [3.63, 3.8) is 0 Å². The average molecular weight is 314 g/mol. The lowest BCUT2D eigenvalue weighted by molar-refractivity contribution is -0.141. The van der Waals surface area contributed by atoms with E-state index >= 15 is 0 Å². The molecule has 6 nitrogen and oxygen atoms in total. The molecule has 1 heterocycles. The van der Waals surface area contributed by atoms with Gasteiger partial charge in [0, 0.05) is 19.8 Å². The molecule has 1 atom stereocenters. The number of carboxylic acids is 1. The molecule has 0 aromatic heterocycles. The maximum absolute atomic E-state index is 11.2. The molecule has 0 saturated carbocycles. The largest absolute Gasteiger partial charge is 0.489 e. The third kappa shape index (κ3) is 4.01. The van der Waals surface area contributed by atoms with Gasteiger partial charge in [-0.1, -0.05) is 11.6 Å². The van der Waals surface area contributed by atoms with Crippen LogP contribution in [0.4, 0.5) is 0 Å². The number of rotatable bonds is 4. The fourth-order valence-corrected chi connectivity index (χ4v) is 2.37. The van der Waals surface area contributed by atoms with Crippen molar-refractivity contribution < 1.29 is 24.2 Å². The molecule has 2 rings (SSSR count). The minimum atomic E-state index is -1.10. The Morgan fingerprint density at radius 3 is 2.76 bits per heavy atom. The van der Waals surface area contributed by atoms with Gasteiger partial charge in [0.2, 0.25) is 5.91 Å². The van der Waals surface area contributed by atoms with Crippen LogP contribution in [0.1, 0.15) is 18.9 Å². The van der Waals surface area contributed by atoms with E-state index in [0.29, 0.717) is 35.3 Å². The number of aliphatic carboxylic acids is 1. The molecule has 21 heavy (non-hydrogen) atoms. The summed E-state index contributed by atoms with van der Waals surface area (Å²) in [5, 5.41) is 11.9. The fraction of sp³-hybridized carbons (Fsp3) is 0.429. The summed E-state index contributed by atoms with van der Waals surface area (Å²) in [7, 11) is 0. The number of hydrogen-bond acceptors (Lipinski definition) is 4. The van der Waals surface area contributed by atoms with Crippen LogP contribution in [0.25, 0.3) is 0 Å². The molecule has 0 spiro atoms. The lowest BCUT2D eigenvalue weighted by atomic mass is 10.1. The average Bonchev–Trinajstić information content (AvgIpc) is 2.63. The zero-order valence-corrected chi connectivity index (χ0v) is 12.3. The van der Waals surface area contributed by atoms with Gasteiger partial charge in [-0.2, -0.15) is 0 Å². The molecule has 0 fully saturated rings. The number of carbonyl (C=O) groups excluding carboxylic acids is 1. The van der Waals surface area contributed by atoms with Crippen molar-refractivity contribution in [2.45, 2.75) is 25.8 Å². The van der Waals surface area contributed by atoms with Crippen molar-refractivity contribution in [2.75, 3.05) is 13.2 Å². The predicted octanol–water partition coefficient (Wildman–Crippen LogP) is 1.63. The summed E-state index contributed by atoms with van der Waals surface area (Å²) in [6.45, 7) is 2.31. The molecule has 1 aliphatic heterocycles. The van der Waals surface area contributed by atoms with Crippen LogP contribution in [0.15, 0.2) is 12.1 Å². The molecule has 0 bridgehead atoms. The smallest absolute Gasteiger partial charge is 0.326 e. The molecule has 0 radical (unpaired) electrons. The number of carboxylic acid groups (broad SMARTS) is 1. The molecule has 1 aromatic rings. The normalized spacial score (nSPS) is 15.0. The van der Waals surface area contributed by atoms with E-state index in [1.807, 2.05) is 0 Å². The first-order chi connectivity index (χ1) is 9.97. The zero-order chi connectivity index (χ0) is 15.4. The Hall–Kier alpha value is -1.95. The minimum absolute atomic E-state index is 0.116. The Morgan fingerprint density at radius 2 is 2.10 bits per heavy atom. The monoisotopic (exact) mass is 313 g/mol. The van der Waals surface area contributed by atoms with Crippen molar-refractivity contribution in [2.24, 2.45) is 0 Å². The van der Waals surface area contributed by atoms with Crippen LogP contribution >= 0.6 is 11.6 Å². The summed E-state index contributed by atoms with van der Waals surface area (Å²) in [6.07, 6.45) is 0.870. The highest BCUT2D eigenvalue weighted by Gasteiger charge is 2.21. The number of benzene rings is 1. The fourth-order valence-electron chi connectivity index (χ4n) is 2.08. The molecule has 1 aromatic carbocycles. The van der Waals surface area contributed by atoms with Crippen molar-refractivity contribution >= 4 is 23.5 Å². The first kappa shape index (κ1) is 15.4. The third-order valence-electron chi connectivity index (χ3n) is 2.98. The Kier molecular flexibility index (Phi) is 4.90. The first-order valence-electron chi connectivity index (χ1n) is 6.55. The van der Waals surface area contributed by atoms with E-state index < -0.39 is 17.9 Å². The lowest BCUT2D eigenvalue weighted by Crippen LogP contribution is -2.41. The van der Waals surface area contributed by atoms with Crippen molar-refractivity contribution in [3.8, 4) is 11.5 Å². The highest BCUT2D eigenvalue weighted by Crippen LogP contribution is 2.38. The Morgan fingerprint density at radius 1 is 1.38 bits per heavy atom. The second-order valence-corrected chi connectivity index (χ2v) is 5.16. The summed E-state index contributed by atoms with van der Waals surface area (Å²) < 4.78 is 11.1. The van der Waals surface area contributed by atoms with Gasteiger partial charge in [0.1, 0.15) is 6.04 Å². The number of fused-ring (bicyclic) bond motifs is 1. The van der Waals surface area contributed by atoms with Gasteiger partial charge >= 0.3 is 5.97 Å². The minimum Gasteiger partial charge on any atom is -0.489 e. The summed E-state index contributed by atoms with van der Waals surface area (Å²) in [5.41, 5.74) is 0.658. The van der Waals surface area contributed by atoms with E-state index in [9.17, 15) is 9.59 Å². The van der Waals surface area contributed by atoms with Gasteiger partial charge in [-0.15, -0.1) is 0 Å². The molecule has 1 amide bonds. The molecule has 114 valence electrons. The van der Waals surface area contributed by atoms with Gasteiger partial charge < -0.3 is 19.9 Å². The SMILES string of the molecule is CC(=O)NC(Cc1cc(Cl)c2c(c1)OCCCO2)C(=O)O. The second kappa shape index (κ2) is 6.67. The molecular weight excluding hydrogens is 298 g/mol. The van der Waals surface area contributed by atoms with Crippen LogP contribution in [0.5, 0.6) is 11.5 Å². The maximum Gasteiger partial charge on any atom is 0.326 e. The number of carbonyl (C=O) groups is 2. The van der Waals surface area contributed by atoms with Gasteiger partial charge in [0.25, 0.3) is 0 Å². The zero-order valence-electron chi connectivity index (χ0n) is 11.5. The van der Waals surface area contributed by atoms with Crippen molar-refractivity contribution in [3.05, 3.63) is 22.7 Å². The van der Waals surface area contributed by atoms with Crippen LogP contribution < -0.4 is 14.8 Å². The Bertz CT molecular complexity index is 561. The molecular formula is C14H16ClNO5. The summed E-state index contributed by atoms with van der Waals surface area (Å²) in [6, 6.07) is 2.32. The van der Waals surface area contributed by atoms with Gasteiger partial charge in [0.05, 0.1) is 18.2 Å². The maximum atomic E-state index is 11.2. The van der Waals surface area contributed by atoms with Crippen LogP contribution in [0.3, 0.4) is 0 Å². The topological polar surface area (TPSA) is 84.9 Å². The molecule has 2 N–H and O–H groups in total. The Labute approximate surface area is 127 Å². The molecule has 1 unspecified atom stereocenters. The lowest BCUT2D eigenvalue weighted by Gasteiger charge is -2.15. The van der Waals surface area contributed by atoms with E-state index in [0.717, 1.165) is 6.42 Å². The Balaban J connectivity index is 2.23. The molecule has 0 saturated heterocycles. The standard InChI is InChI=1S/C14H16ClNO5/c1-8(17)16-11(14(18)19)6-9-5-10(15)13-12(7-9)20-3-2-4-21-13/h5,7,11H,2-4,6H2,1H3,(H,16,17)(H,18,19). The van der Waals surface area contributed by atoms with E-state index in [1.54, 1.807) is 12.1 Å². The van der Waals surface area contributed by atoms with Crippen molar-refractivity contribution in [1.29, 1.82) is 0 Å². The number of hydrogen-bond donors (Lipinski definition) is 2. The number of ether oxygens (including phenoxy) is 2.